The smallest absolute Gasteiger partial charge is 0.261 e. The number of carbonyl (C=O) groups excluding carboxylic acids is 2. The molecular formula is C39H40N2O3Si. The lowest BCUT2D eigenvalue weighted by molar-refractivity contribution is -0.116. The van der Waals surface area contributed by atoms with E-state index in [1.807, 2.05) is 54.6 Å². The van der Waals surface area contributed by atoms with Gasteiger partial charge in [0.2, 0.25) is 5.91 Å². The van der Waals surface area contributed by atoms with Crippen molar-refractivity contribution in [1.29, 1.82) is 0 Å². The first-order chi connectivity index (χ1) is 21.6. The molecule has 1 aromatic heterocycles. The number of aromatic nitrogens is 1. The van der Waals surface area contributed by atoms with Crippen LogP contribution in [0.4, 0.5) is 5.69 Å². The second-order valence-electron chi connectivity index (χ2n) is 13.3. The zero-order valence-electron chi connectivity index (χ0n) is 26.4. The molecule has 228 valence electrons. The molecule has 0 saturated heterocycles. The monoisotopic (exact) mass is 612 g/mol. The maximum absolute atomic E-state index is 13.8. The summed E-state index contributed by atoms with van der Waals surface area (Å²) in [5, 5.41) is 6.47. The molecule has 6 rings (SSSR count). The van der Waals surface area contributed by atoms with Crippen LogP contribution in [0.15, 0.2) is 121 Å². The standard InChI is InChI=1S/C39H40N2O3Si/c1-28(42)29-20-22-31(23-21-29)39(26-36(43)41-35-19-11-13-30-14-12-24-40-37(30)35)25-32(39)27-44-45(38(2,3)4,33-15-7-5-8-16-33)34-17-9-6-10-18-34/h5-24,32H,25-27H2,1-4H3,(H,41,43)/t32-,39-/m0/s1. The Labute approximate surface area is 266 Å². The van der Waals surface area contributed by atoms with Crippen LogP contribution in [0, 0.1) is 5.92 Å². The maximum atomic E-state index is 13.8. The lowest BCUT2D eigenvalue weighted by Gasteiger charge is -2.43. The Kier molecular flexibility index (Phi) is 8.29. The summed E-state index contributed by atoms with van der Waals surface area (Å²) >= 11 is 0. The van der Waals surface area contributed by atoms with Crippen LogP contribution in [-0.4, -0.2) is 31.6 Å². The first-order valence-electron chi connectivity index (χ1n) is 15.6. The van der Waals surface area contributed by atoms with Gasteiger partial charge >= 0.3 is 0 Å². The molecule has 2 atom stereocenters. The van der Waals surface area contributed by atoms with Crippen molar-refractivity contribution in [3.63, 3.8) is 0 Å². The van der Waals surface area contributed by atoms with Crippen LogP contribution in [0.1, 0.15) is 56.5 Å². The third-order valence-electron chi connectivity index (χ3n) is 9.40. The Morgan fingerprint density at radius 3 is 2.07 bits per heavy atom. The van der Waals surface area contributed by atoms with Gasteiger partial charge in [-0.1, -0.05) is 124 Å². The molecule has 4 aromatic carbocycles. The van der Waals surface area contributed by atoms with E-state index >= 15 is 0 Å². The van der Waals surface area contributed by atoms with E-state index in [0.717, 1.165) is 22.9 Å². The van der Waals surface area contributed by atoms with Gasteiger partial charge in [-0.15, -0.1) is 0 Å². The van der Waals surface area contributed by atoms with E-state index in [1.54, 1.807) is 13.1 Å². The Bertz CT molecular complexity index is 1770. The molecule has 45 heavy (non-hydrogen) atoms. The predicted octanol–water partition coefficient (Wildman–Crippen LogP) is 7.30. The molecule has 1 saturated carbocycles. The summed E-state index contributed by atoms with van der Waals surface area (Å²) in [6, 6.07) is 38.8. The molecule has 1 aliphatic carbocycles. The molecular weight excluding hydrogens is 573 g/mol. The summed E-state index contributed by atoms with van der Waals surface area (Å²) in [6.45, 7) is 8.96. The number of para-hydroxylation sites is 1. The van der Waals surface area contributed by atoms with Crippen LogP contribution in [0.3, 0.4) is 0 Å². The fourth-order valence-corrected chi connectivity index (χ4v) is 11.6. The van der Waals surface area contributed by atoms with Crippen LogP contribution in [0.2, 0.25) is 5.04 Å². The number of nitrogens with one attached hydrogen (secondary N) is 1. The number of pyridine rings is 1. The third-order valence-corrected chi connectivity index (χ3v) is 14.4. The molecule has 1 heterocycles. The molecule has 1 fully saturated rings. The Morgan fingerprint density at radius 2 is 1.47 bits per heavy atom. The fourth-order valence-electron chi connectivity index (χ4n) is 6.98. The van der Waals surface area contributed by atoms with Gasteiger partial charge in [-0.25, -0.2) is 0 Å². The van der Waals surface area contributed by atoms with Gasteiger partial charge in [0.1, 0.15) is 0 Å². The van der Waals surface area contributed by atoms with Gasteiger partial charge in [-0.3, -0.25) is 14.6 Å². The minimum Gasteiger partial charge on any atom is -0.407 e. The number of hydrogen-bond acceptors (Lipinski definition) is 4. The molecule has 0 bridgehead atoms. The Morgan fingerprint density at radius 1 is 0.844 bits per heavy atom. The summed E-state index contributed by atoms with van der Waals surface area (Å²) in [7, 11) is -2.74. The zero-order chi connectivity index (χ0) is 31.7. The molecule has 5 nitrogen and oxygen atoms in total. The number of carbonyl (C=O) groups is 2. The molecule has 6 heteroatoms. The van der Waals surface area contributed by atoms with Crippen molar-refractivity contribution >= 4 is 47.0 Å². The Hall–Kier alpha value is -4.39. The third kappa shape index (κ3) is 5.88. The molecule has 1 N–H and O–H groups in total. The molecule has 0 spiro atoms. The summed E-state index contributed by atoms with van der Waals surface area (Å²) in [5.74, 6) is 0.106. The minimum absolute atomic E-state index is 0.0270. The SMILES string of the molecule is CC(=O)c1ccc([C@@]2(CC(=O)Nc3cccc4cccnc34)C[C@H]2CO[Si](c2ccccc2)(c2ccccc2)C(C)(C)C)cc1. The highest BCUT2D eigenvalue weighted by molar-refractivity contribution is 6.99. The van der Waals surface area contributed by atoms with Gasteiger partial charge in [0.05, 0.1) is 11.2 Å². The van der Waals surface area contributed by atoms with Crippen molar-refractivity contribution in [3.8, 4) is 0 Å². The van der Waals surface area contributed by atoms with Crippen molar-refractivity contribution in [3.05, 3.63) is 133 Å². The highest BCUT2D eigenvalue weighted by Crippen LogP contribution is 2.57. The van der Waals surface area contributed by atoms with Crippen LogP contribution in [0.5, 0.6) is 0 Å². The number of benzene rings is 4. The van der Waals surface area contributed by atoms with E-state index < -0.39 is 13.7 Å². The summed E-state index contributed by atoms with van der Waals surface area (Å²) in [6.07, 6.45) is 2.88. The average molecular weight is 613 g/mol. The van der Waals surface area contributed by atoms with Crippen molar-refractivity contribution in [2.45, 2.75) is 51.0 Å². The van der Waals surface area contributed by atoms with Crippen LogP contribution < -0.4 is 15.7 Å². The quantitative estimate of drug-likeness (QED) is 0.133. The predicted molar refractivity (Wildman–Crippen MR) is 185 cm³/mol. The average Bonchev–Trinajstić information content (AvgIpc) is 3.75. The van der Waals surface area contributed by atoms with Gasteiger partial charge in [0.15, 0.2) is 5.78 Å². The summed E-state index contributed by atoms with van der Waals surface area (Å²) < 4.78 is 7.33. The lowest BCUT2D eigenvalue weighted by atomic mass is 9.88. The van der Waals surface area contributed by atoms with Crippen molar-refractivity contribution in [2.24, 2.45) is 5.92 Å². The van der Waals surface area contributed by atoms with Gasteiger partial charge in [0, 0.05) is 35.6 Å². The van der Waals surface area contributed by atoms with Crippen molar-refractivity contribution in [1.82, 2.24) is 4.98 Å². The number of nitrogens with zero attached hydrogens (tertiary/aromatic N) is 1. The fraction of sp³-hybridized carbons (Fsp3) is 0.256. The van der Waals surface area contributed by atoms with Crippen molar-refractivity contribution < 1.29 is 14.0 Å². The topological polar surface area (TPSA) is 68.3 Å². The number of rotatable bonds is 10. The number of amides is 1. The zero-order valence-corrected chi connectivity index (χ0v) is 27.4. The van der Waals surface area contributed by atoms with Crippen LogP contribution >= 0.6 is 0 Å². The summed E-state index contributed by atoms with van der Waals surface area (Å²) in [5.41, 5.74) is 2.82. The normalized spacial score (nSPS) is 18.0. The second-order valence-corrected chi connectivity index (χ2v) is 17.6. The van der Waals surface area contributed by atoms with Gasteiger partial charge < -0.3 is 9.74 Å². The number of hydrogen-bond donors (Lipinski definition) is 1. The van der Waals surface area contributed by atoms with E-state index in [9.17, 15) is 9.59 Å². The first kappa shape index (κ1) is 30.6. The number of ketones is 1. The molecule has 0 radical (unpaired) electrons. The van der Waals surface area contributed by atoms with Gasteiger partial charge in [0.25, 0.3) is 8.32 Å². The second kappa shape index (κ2) is 12.2. The van der Waals surface area contributed by atoms with E-state index in [1.165, 1.54) is 10.4 Å². The van der Waals surface area contributed by atoms with Crippen LogP contribution in [-0.2, 0) is 14.6 Å². The van der Waals surface area contributed by atoms with E-state index in [4.69, 9.17) is 4.43 Å². The largest absolute Gasteiger partial charge is 0.407 e. The molecule has 5 aromatic rings. The van der Waals surface area contributed by atoms with E-state index in [0.29, 0.717) is 24.3 Å². The van der Waals surface area contributed by atoms with Crippen molar-refractivity contribution in [2.75, 3.05) is 11.9 Å². The van der Waals surface area contributed by atoms with E-state index in [-0.39, 0.29) is 22.6 Å². The Balaban J connectivity index is 1.33. The number of anilines is 1. The van der Waals surface area contributed by atoms with Gasteiger partial charge in [-0.2, -0.15) is 0 Å². The first-order valence-corrected chi connectivity index (χ1v) is 17.5. The highest BCUT2D eigenvalue weighted by atomic mass is 28.4. The molecule has 0 unspecified atom stereocenters. The van der Waals surface area contributed by atoms with E-state index in [2.05, 4.69) is 91.7 Å². The molecule has 1 aliphatic rings. The lowest BCUT2D eigenvalue weighted by Crippen LogP contribution is -2.66. The molecule has 1 amide bonds. The highest BCUT2D eigenvalue weighted by Gasteiger charge is 2.58. The number of Topliss-reactive ketones (excluding diaryl/α,β-unsaturated/α-hetero) is 1. The summed E-state index contributed by atoms with van der Waals surface area (Å²) in [4.78, 5) is 30.4. The minimum atomic E-state index is -2.74. The molecule has 0 aliphatic heterocycles. The van der Waals surface area contributed by atoms with Crippen LogP contribution in [0.25, 0.3) is 10.9 Å². The maximum Gasteiger partial charge on any atom is 0.261 e. The van der Waals surface area contributed by atoms with Gasteiger partial charge in [-0.05, 0) is 52.4 Å². The number of fused-ring (bicyclic) bond motifs is 1.